The van der Waals surface area contributed by atoms with Gasteiger partial charge in [-0.1, -0.05) is 11.6 Å². The number of nitrogens with zero attached hydrogens (tertiary/aromatic N) is 1. The summed E-state index contributed by atoms with van der Waals surface area (Å²) in [7, 11) is -3.84. The molecular weight excluding hydrogens is 469 g/mol. The molecule has 1 aliphatic rings. The summed E-state index contributed by atoms with van der Waals surface area (Å²) in [4.78, 5) is 12.8. The van der Waals surface area contributed by atoms with Crippen LogP contribution in [0.1, 0.15) is 25.3 Å². The van der Waals surface area contributed by atoms with Gasteiger partial charge in [0.15, 0.2) is 0 Å². The van der Waals surface area contributed by atoms with Gasteiger partial charge in [0.1, 0.15) is 5.75 Å². The quantitative estimate of drug-likeness (QED) is 0.631. The molecule has 1 heterocycles. The third-order valence-electron chi connectivity index (χ3n) is 5.08. The third kappa shape index (κ3) is 5.54. The van der Waals surface area contributed by atoms with Crippen LogP contribution in [0.25, 0.3) is 0 Å². The second-order valence-electron chi connectivity index (χ2n) is 7.29. The number of halogens is 4. The topological polar surface area (TPSA) is 75.7 Å². The second-order valence-corrected chi connectivity index (χ2v) is 9.63. The number of hydrogen-bond acceptors (Lipinski definition) is 4. The van der Waals surface area contributed by atoms with E-state index in [0.717, 1.165) is 18.2 Å². The Hall–Kier alpha value is -2.30. The Kier molecular flexibility index (Phi) is 7.36. The van der Waals surface area contributed by atoms with Crippen molar-refractivity contribution in [3.05, 3.63) is 53.1 Å². The maximum Gasteiger partial charge on any atom is 0.416 e. The van der Waals surface area contributed by atoms with E-state index in [1.165, 1.54) is 16.4 Å². The Morgan fingerprint density at radius 1 is 1.22 bits per heavy atom. The van der Waals surface area contributed by atoms with E-state index in [2.05, 4.69) is 5.32 Å². The number of hydrogen-bond donors (Lipinski definition) is 1. The molecule has 1 amide bonds. The fourth-order valence-corrected chi connectivity index (χ4v) is 5.12. The molecule has 6 nitrogen and oxygen atoms in total. The lowest BCUT2D eigenvalue weighted by Crippen LogP contribution is -2.43. The molecule has 32 heavy (non-hydrogen) atoms. The van der Waals surface area contributed by atoms with Gasteiger partial charge in [0.25, 0.3) is 0 Å². The summed E-state index contributed by atoms with van der Waals surface area (Å²) in [5, 5.41) is 2.38. The first-order valence-corrected chi connectivity index (χ1v) is 11.7. The van der Waals surface area contributed by atoms with Crippen molar-refractivity contribution >= 4 is 33.2 Å². The van der Waals surface area contributed by atoms with Gasteiger partial charge in [-0.25, -0.2) is 8.42 Å². The Labute approximate surface area is 189 Å². The van der Waals surface area contributed by atoms with E-state index in [1.807, 2.05) is 6.92 Å². The Balaban J connectivity index is 1.73. The molecule has 0 bridgehead atoms. The monoisotopic (exact) mass is 490 g/mol. The first kappa shape index (κ1) is 24.3. The zero-order valence-corrected chi connectivity index (χ0v) is 18.7. The third-order valence-corrected chi connectivity index (χ3v) is 7.29. The smallest absolute Gasteiger partial charge is 0.416 e. The minimum Gasteiger partial charge on any atom is -0.494 e. The number of piperidine rings is 1. The molecule has 1 saturated heterocycles. The normalized spacial score (nSPS) is 17.7. The van der Waals surface area contributed by atoms with Gasteiger partial charge in [-0.2, -0.15) is 17.5 Å². The van der Waals surface area contributed by atoms with Crippen LogP contribution in [0.5, 0.6) is 5.75 Å². The highest BCUT2D eigenvalue weighted by molar-refractivity contribution is 7.89. The predicted octanol–water partition coefficient (Wildman–Crippen LogP) is 4.80. The van der Waals surface area contributed by atoms with Crippen LogP contribution >= 0.6 is 11.6 Å². The number of ether oxygens (including phenoxy) is 1. The van der Waals surface area contributed by atoms with Crippen LogP contribution in [0, 0.1) is 5.92 Å². The van der Waals surface area contributed by atoms with Gasteiger partial charge in [-0.15, -0.1) is 0 Å². The number of nitrogens with one attached hydrogen (secondary N) is 1. The molecule has 1 aliphatic heterocycles. The zero-order valence-electron chi connectivity index (χ0n) is 17.2. The molecule has 1 atom stereocenters. The molecule has 1 fully saturated rings. The Morgan fingerprint density at radius 2 is 1.91 bits per heavy atom. The largest absolute Gasteiger partial charge is 0.494 e. The van der Waals surface area contributed by atoms with E-state index in [4.69, 9.17) is 16.3 Å². The lowest BCUT2D eigenvalue weighted by Gasteiger charge is -2.31. The number of alkyl halides is 3. The van der Waals surface area contributed by atoms with E-state index in [9.17, 15) is 26.4 Å². The highest BCUT2D eigenvalue weighted by atomic mass is 35.5. The first-order valence-electron chi connectivity index (χ1n) is 9.93. The number of benzene rings is 2. The summed E-state index contributed by atoms with van der Waals surface area (Å²) in [6.45, 7) is 2.42. The fourth-order valence-electron chi connectivity index (χ4n) is 3.43. The maximum atomic E-state index is 13.0. The lowest BCUT2D eigenvalue weighted by atomic mass is 9.98. The summed E-state index contributed by atoms with van der Waals surface area (Å²) in [5.41, 5.74) is -1.11. The number of amides is 1. The SMILES string of the molecule is CCOc1ccc(S(=O)(=O)N2CCC[C@@H](C(=O)Nc3cc(C(F)(F)F)ccc3Cl)C2)cc1. The summed E-state index contributed by atoms with van der Waals surface area (Å²) >= 11 is 5.95. The highest BCUT2D eigenvalue weighted by Gasteiger charge is 2.34. The molecule has 2 aromatic carbocycles. The van der Waals surface area contributed by atoms with Gasteiger partial charge in [0.05, 0.1) is 33.7 Å². The van der Waals surface area contributed by atoms with Crippen LogP contribution in [-0.4, -0.2) is 38.3 Å². The van der Waals surface area contributed by atoms with Crippen molar-refractivity contribution in [2.45, 2.75) is 30.8 Å². The van der Waals surface area contributed by atoms with Gasteiger partial charge in [0, 0.05) is 13.1 Å². The van der Waals surface area contributed by atoms with E-state index >= 15 is 0 Å². The molecule has 0 aliphatic carbocycles. The first-order chi connectivity index (χ1) is 15.0. The molecule has 174 valence electrons. The van der Waals surface area contributed by atoms with Gasteiger partial charge in [-0.05, 0) is 62.2 Å². The van der Waals surface area contributed by atoms with Gasteiger partial charge in [0.2, 0.25) is 15.9 Å². The van der Waals surface area contributed by atoms with Crippen LogP contribution in [0.15, 0.2) is 47.4 Å². The lowest BCUT2D eigenvalue weighted by molar-refractivity contribution is -0.137. The molecule has 2 aromatic rings. The van der Waals surface area contributed by atoms with Crippen LogP contribution in [0.3, 0.4) is 0 Å². The Morgan fingerprint density at radius 3 is 2.53 bits per heavy atom. The molecule has 0 saturated carbocycles. The van der Waals surface area contributed by atoms with Crippen molar-refractivity contribution in [1.29, 1.82) is 0 Å². The number of carbonyl (C=O) groups is 1. The highest BCUT2D eigenvalue weighted by Crippen LogP contribution is 2.34. The summed E-state index contributed by atoms with van der Waals surface area (Å²) < 4.78 is 71.4. The number of anilines is 1. The van der Waals surface area contributed by atoms with Crippen molar-refractivity contribution in [3.63, 3.8) is 0 Å². The van der Waals surface area contributed by atoms with Crippen LogP contribution in [0.2, 0.25) is 5.02 Å². The van der Waals surface area contributed by atoms with Gasteiger partial charge in [-0.3, -0.25) is 4.79 Å². The van der Waals surface area contributed by atoms with E-state index in [0.29, 0.717) is 25.2 Å². The minimum absolute atomic E-state index is 0.0407. The number of sulfonamides is 1. The molecule has 0 spiro atoms. The molecule has 0 unspecified atom stereocenters. The maximum absolute atomic E-state index is 13.0. The van der Waals surface area contributed by atoms with Crippen molar-refractivity contribution in [2.24, 2.45) is 5.92 Å². The average molecular weight is 491 g/mol. The van der Waals surface area contributed by atoms with Crippen LogP contribution < -0.4 is 10.1 Å². The molecule has 3 rings (SSSR count). The van der Waals surface area contributed by atoms with E-state index in [1.54, 1.807) is 12.1 Å². The van der Waals surface area contributed by atoms with Crippen molar-refractivity contribution in [2.75, 3.05) is 25.0 Å². The van der Waals surface area contributed by atoms with Crippen LogP contribution in [-0.2, 0) is 21.0 Å². The summed E-state index contributed by atoms with van der Waals surface area (Å²) in [5.74, 6) is -0.773. The predicted molar refractivity (Wildman–Crippen MR) is 114 cm³/mol. The molecule has 11 heteroatoms. The standard InChI is InChI=1S/C21H22ClF3N2O4S/c1-2-31-16-6-8-17(9-7-16)32(29,30)27-11-3-4-14(13-27)20(28)26-19-12-15(21(23,24)25)5-10-18(19)22/h5-10,12,14H,2-4,11,13H2,1H3,(H,26,28)/t14-/m1/s1. The molecule has 0 radical (unpaired) electrons. The zero-order chi connectivity index (χ0) is 23.5. The fraction of sp³-hybridized carbons (Fsp3) is 0.381. The van der Waals surface area contributed by atoms with E-state index in [-0.39, 0.29) is 28.7 Å². The molecule has 1 N–H and O–H groups in total. The Bertz CT molecular complexity index is 1080. The number of carbonyl (C=O) groups excluding carboxylic acids is 1. The van der Waals surface area contributed by atoms with Crippen molar-refractivity contribution in [1.82, 2.24) is 4.31 Å². The van der Waals surface area contributed by atoms with Gasteiger partial charge >= 0.3 is 6.18 Å². The molecular formula is C21H22ClF3N2O4S. The minimum atomic E-state index is -4.59. The van der Waals surface area contributed by atoms with E-state index < -0.39 is 33.6 Å². The average Bonchev–Trinajstić information content (AvgIpc) is 2.75. The van der Waals surface area contributed by atoms with Crippen molar-refractivity contribution < 1.29 is 31.1 Å². The summed E-state index contributed by atoms with van der Waals surface area (Å²) in [6, 6.07) is 8.63. The van der Waals surface area contributed by atoms with Gasteiger partial charge < -0.3 is 10.1 Å². The van der Waals surface area contributed by atoms with Crippen LogP contribution in [0.4, 0.5) is 18.9 Å². The molecule has 0 aromatic heterocycles. The second kappa shape index (κ2) is 9.68. The van der Waals surface area contributed by atoms with Crippen molar-refractivity contribution in [3.8, 4) is 5.75 Å². The summed E-state index contributed by atoms with van der Waals surface area (Å²) in [6.07, 6.45) is -3.75. The number of rotatable bonds is 6.